The Kier molecular flexibility index (Phi) is 15.7. The Labute approximate surface area is 186 Å². The fourth-order valence-electron chi connectivity index (χ4n) is 2.32. The summed E-state index contributed by atoms with van der Waals surface area (Å²) in [5.74, 6) is 0. The van der Waals surface area contributed by atoms with Gasteiger partial charge in [-0.2, -0.15) is 0 Å². The summed E-state index contributed by atoms with van der Waals surface area (Å²) in [7, 11) is 1.62. The van der Waals surface area contributed by atoms with Gasteiger partial charge in [0.2, 0.25) is 0 Å². The quantitative estimate of drug-likeness (QED) is 0.161. The molecule has 32 heavy (non-hydrogen) atoms. The van der Waals surface area contributed by atoms with Gasteiger partial charge in [-0.3, -0.25) is 20.2 Å². The van der Waals surface area contributed by atoms with Gasteiger partial charge in [0.25, 0.3) is 11.4 Å². The number of hydrogen-bond acceptors (Lipinski definition) is 11. The minimum absolute atomic E-state index is 0.195. The Balaban J connectivity index is 1.94. The van der Waals surface area contributed by atoms with Crippen LogP contribution in [-0.2, 0) is 28.4 Å². The van der Waals surface area contributed by atoms with Crippen molar-refractivity contribution in [3.63, 3.8) is 0 Å². The average molecular weight is 461 g/mol. The highest BCUT2D eigenvalue weighted by Gasteiger charge is 2.18. The Morgan fingerprint density at radius 3 is 1.62 bits per heavy atom. The Bertz CT molecular complexity index is 662. The molecular weight excluding hydrogens is 430 g/mol. The predicted octanol–water partition coefficient (Wildman–Crippen LogP) is 1.64. The van der Waals surface area contributed by atoms with Crippen molar-refractivity contribution >= 4 is 17.1 Å². The summed E-state index contributed by atoms with van der Waals surface area (Å²) >= 11 is 0. The van der Waals surface area contributed by atoms with Crippen LogP contribution in [0.4, 0.5) is 17.1 Å². The first kappa shape index (κ1) is 27.6. The zero-order chi connectivity index (χ0) is 23.4. The molecule has 0 saturated carbocycles. The molecule has 0 bridgehead atoms. The number of ether oxygens (including phenoxy) is 6. The minimum atomic E-state index is -0.679. The molecule has 0 spiro atoms. The smallest absolute Gasteiger partial charge is 0.299 e. The molecule has 0 aliphatic rings. The molecule has 0 aromatic heterocycles. The van der Waals surface area contributed by atoms with E-state index in [0.717, 1.165) is 6.07 Å². The summed E-state index contributed by atoms with van der Waals surface area (Å²) in [4.78, 5) is 20.4. The highest BCUT2D eigenvalue weighted by atomic mass is 16.6. The first-order valence-electron chi connectivity index (χ1n) is 10.1. The van der Waals surface area contributed by atoms with Gasteiger partial charge in [0, 0.05) is 19.7 Å². The van der Waals surface area contributed by atoms with Crippen LogP contribution in [0.2, 0.25) is 0 Å². The summed E-state index contributed by atoms with van der Waals surface area (Å²) in [6.45, 7) is 5.31. The number of hydrogen-bond donors (Lipinski definition) is 1. The summed E-state index contributed by atoms with van der Waals surface area (Å²) in [5.41, 5.74) is -0.501. The lowest BCUT2D eigenvalue weighted by Crippen LogP contribution is -2.15. The molecule has 0 radical (unpaired) electrons. The molecule has 1 aromatic rings. The van der Waals surface area contributed by atoms with Crippen molar-refractivity contribution in [3.8, 4) is 0 Å². The molecule has 0 atom stereocenters. The summed E-state index contributed by atoms with van der Waals surface area (Å²) in [5, 5.41) is 24.6. The van der Waals surface area contributed by atoms with Gasteiger partial charge >= 0.3 is 0 Å². The summed E-state index contributed by atoms with van der Waals surface area (Å²) in [6, 6.07) is 3.43. The monoisotopic (exact) mass is 461 g/mol. The molecular formula is C19H31N3O10. The van der Waals surface area contributed by atoms with Crippen LogP contribution in [0.25, 0.3) is 0 Å². The Hall–Kier alpha value is -2.42. The van der Waals surface area contributed by atoms with Crippen LogP contribution < -0.4 is 5.32 Å². The van der Waals surface area contributed by atoms with E-state index in [2.05, 4.69) is 5.32 Å². The van der Waals surface area contributed by atoms with Crippen molar-refractivity contribution in [2.24, 2.45) is 0 Å². The Morgan fingerprint density at radius 2 is 1.19 bits per heavy atom. The number of nitro benzene ring substituents is 2. The van der Waals surface area contributed by atoms with Gasteiger partial charge in [0.05, 0.1) is 88.6 Å². The zero-order valence-electron chi connectivity index (χ0n) is 18.2. The van der Waals surface area contributed by atoms with E-state index in [1.54, 1.807) is 7.11 Å². The summed E-state index contributed by atoms with van der Waals surface area (Å²) < 4.78 is 31.6. The highest BCUT2D eigenvalue weighted by molar-refractivity contribution is 5.65. The predicted molar refractivity (Wildman–Crippen MR) is 114 cm³/mol. The van der Waals surface area contributed by atoms with Crippen molar-refractivity contribution in [2.45, 2.75) is 0 Å². The van der Waals surface area contributed by atoms with E-state index in [4.69, 9.17) is 28.4 Å². The van der Waals surface area contributed by atoms with Gasteiger partial charge in [-0.05, 0) is 6.07 Å². The lowest BCUT2D eigenvalue weighted by atomic mass is 10.2. The second kappa shape index (κ2) is 18.2. The second-order valence-corrected chi connectivity index (χ2v) is 6.20. The van der Waals surface area contributed by atoms with Gasteiger partial charge in [-0.1, -0.05) is 0 Å². The third-order valence-corrected chi connectivity index (χ3v) is 3.87. The van der Waals surface area contributed by atoms with Crippen LogP contribution >= 0.6 is 0 Å². The maximum absolute atomic E-state index is 11.1. The first-order valence-corrected chi connectivity index (χ1v) is 10.1. The fourth-order valence-corrected chi connectivity index (χ4v) is 2.32. The second-order valence-electron chi connectivity index (χ2n) is 6.20. The maximum atomic E-state index is 11.1. The fraction of sp³-hybridized carbons (Fsp3) is 0.684. The van der Waals surface area contributed by atoms with Crippen molar-refractivity contribution in [1.82, 2.24) is 0 Å². The molecule has 1 rings (SSSR count). The van der Waals surface area contributed by atoms with E-state index >= 15 is 0 Å². The zero-order valence-corrected chi connectivity index (χ0v) is 18.2. The van der Waals surface area contributed by atoms with Crippen LogP contribution in [-0.4, -0.2) is 96.2 Å². The third-order valence-electron chi connectivity index (χ3n) is 3.87. The first-order chi connectivity index (χ1) is 15.6. The molecule has 0 aliphatic heterocycles. The molecule has 0 aliphatic carbocycles. The third kappa shape index (κ3) is 13.1. The van der Waals surface area contributed by atoms with Gasteiger partial charge in [0.15, 0.2) is 0 Å². The molecule has 13 heteroatoms. The van der Waals surface area contributed by atoms with Crippen LogP contribution in [0.3, 0.4) is 0 Å². The molecule has 0 saturated heterocycles. The number of methoxy groups -OCH3 is 1. The number of rotatable bonds is 21. The number of nitrogens with one attached hydrogen (secondary N) is 1. The van der Waals surface area contributed by atoms with Crippen molar-refractivity contribution in [2.75, 3.05) is 91.6 Å². The van der Waals surface area contributed by atoms with Crippen LogP contribution in [0, 0.1) is 20.2 Å². The van der Waals surface area contributed by atoms with Gasteiger partial charge in [0.1, 0.15) is 5.69 Å². The number of non-ortho nitro benzene ring substituents is 1. The normalized spacial score (nSPS) is 10.9. The standard InChI is InChI=1S/C19H31N3O10/c1-27-6-7-29-10-11-31-14-15-32-13-12-30-9-8-28-5-4-20-18-3-2-17(21(23)24)16-19(18)22(25)26/h2-3,16,20H,4-15H2,1H3. The molecule has 0 heterocycles. The topological polar surface area (TPSA) is 154 Å². The van der Waals surface area contributed by atoms with E-state index in [9.17, 15) is 20.2 Å². The molecule has 0 fully saturated rings. The number of nitro groups is 2. The van der Waals surface area contributed by atoms with E-state index in [1.165, 1.54) is 12.1 Å². The minimum Gasteiger partial charge on any atom is -0.382 e. The number of anilines is 1. The van der Waals surface area contributed by atoms with Crippen LogP contribution in [0.5, 0.6) is 0 Å². The number of benzene rings is 1. The van der Waals surface area contributed by atoms with Gasteiger partial charge in [-0.15, -0.1) is 0 Å². The van der Waals surface area contributed by atoms with Gasteiger partial charge < -0.3 is 33.7 Å². The van der Waals surface area contributed by atoms with Crippen molar-refractivity contribution < 1.29 is 38.3 Å². The van der Waals surface area contributed by atoms with Crippen LogP contribution in [0.15, 0.2) is 18.2 Å². The molecule has 0 unspecified atom stereocenters. The summed E-state index contributed by atoms with van der Waals surface area (Å²) in [6.07, 6.45) is 0. The van der Waals surface area contributed by atoms with Crippen LogP contribution in [0.1, 0.15) is 0 Å². The van der Waals surface area contributed by atoms with E-state index in [-0.39, 0.29) is 17.1 Å². The molecule has 182 valence electrons. The van der Waals surface area contributed by atoms with E-state index in [1.807, 2.05) is 0 Å². The molecule has 13 nitrogen and oxygen atoms in total. The van der Waals surface area contributed by atoms with E-state index < -0.39 is 9.85 Å². The molecule has 1 aromatic carbocycles. The average Bonchev–Trinajstić information content (AvgIpc) is 2.78. The Morgan fingerprint density at radius 1 is 0.719 bits per heavy atom. The SMILES string of the molecule is COCCOCCOCCOCCOCCOCCNc1ccc([N+](=O)[O-])cc1[N+](=O)[O-]. The lowest BCUT2D eigenvalue weighted by Gasteiger charge is -2.09. The van der Waals surface area contributed by atoms with E-state index in [0.29, 0.717) is 79.2 Å². The maximum Gasteiger partial charge on any atom is 0.299 e. The lowest BCUT2D eigenvalue weighted by molar-refractivity contribution is -0.393. The molecule has 0 amide bonds. The van der Waals surface area contributed by atoms with Crippen molar-refractivity contribution in [3.05, 3.63) is 38.4 Å². The highest BCUT2D eigenvalue weighted by Crippen LogP contribution is 2.28. The molecule has 1 N–H and O–H groups in total. The van der Waals surface area contributed by atoms with Gasteiger partial charge in [-0.25, -0.2) is 0 Å². The number of nitrogens with zero attached hydrogens (tertiary/aromatic N) is 2. The largest absolute Gasteiger partial charge is 0.382 e. The van der Waals surface area contributed by atoms with Crippen molar-refractivity contribution in [1.29, 1.82) is 0 Å².